The molecule has 1 N–H and O–H groups in total. The molecule has 0 saturated heterocycles. The van der Waals surface area contributed by atoms with E-state index in [1.165, 1.54) is 6.08 Å². The summed E-state index contributed by atoms with van der Waals surface area (Å²) in [5.74, 6) is -0.912. The van der Waals surface area contributed by atoms with Crippen molar-refractivity contribution in [1.82, 2.24) is 0 Å². The standard InChI is InChI=1S/C7H6O2.Ca.2H/c1-5-3-2-4-6(5)7(8)9;;;/h2-4H,1H2,(H,8,9);;;/q;+2;2*-1. The maximum atomic E-state index is 10.2. The van der Waals surface area contributed by atoms with Crippen molar-refractivity contribution in [2.45, 2.75) is 0 Å². The van der Waals surface area contributed by atoms with Gasteiger partial charge in [0.1, 0.15) is 0 Å². The Morgan fingerprint density at radius 3 is 2.50 bits per heavy atom. The minimum absolute atomic E-state index is 0. The van der Waals surface area contributed by atoms with Crippen molar-refractivity contribution in [3.63, 3.8) is 0 Å². The second-order valence-corrected chi connectivity index (χ2v) is 1.77. The Morgan fingerprint density at radius 2 is 2.30 bits per heavy atom. The number of hydrogen-bond donors (Lipinski definition) is 1. The van der Waals surface area contributed by atoms with Gasteiger partial charge < -0.3 is 7.96 Å². The van der Waals surface area contributed by atoms with Crippen LogP contribution in [0.1, 0.15) is 2.85 Å². The first-order valence-electron chi connectivity index (χ1n) is 2.53. The molecular formula is C7H8CaO2. The second-order valence-electron chi connectivity index (χ2n) is 1.77. The first kappa shape index (κ1) is 9.95. The van der Waals surface area contributed by atoms with Crippen molar-refractivity contribution in [1.29, 1.82) is 0 Å². The third kappa shape index (κ3) is 1.97. The Bertz CT molecular complexity index is 234. The Balaban J connectivity index is -0.000000270. The summed E-state index contributed by atoms with van der Waals surface area (Å²) in [4.78, 5) is 10.2. The molecule has 0 saturated carbocycles. The van der Waals surface area contributed by atoms with E-state index in [0.717, 1.165) is 0 Å². The van der Waals surface area contributed by atoms with E-state index in [-0.39, 0.29) is 46.2 Å². The summed E-state index contributed by atoms with van der Waals surface area (Å²) in [6.45, 7) is 3.52. The third-order valence-corrected chi connectivity index (χ3v) is 1.14. The molecule has 0 fully saturated rings. The largest absolute Gasteiger partial charge is 2.00 e. The van der Waals surface area contributed by atoms with Gasteiger partial charge in [-0.15, -0.1) is 0 Å². The van der Waals surface area contributed by atoms with Gasteiger partial charge in [0.05, 0.1) is 5.57 Å². The Hall–Kier alpha value is -0.0503. The van der Waals surface area contributed by atoms with Gasteiger partial charge in [-0.1, -0.05) is 18.7 Å². The van der Waals surface area contributed by atoms with Crippen LogP contribution in [0.2, 0.25) is 0 Å². The van der Waals surface area contributed by atoms with Crippen LogP contribution in [0, 0.1) is 0 Å². The fourth-order valence-corrected chi connectivity index (χ4v) is 0.666. The molecule has 0 unspecified atom stereocenters. The molecule has 1 rings (SSSR count). The maximum absolute atomic E-state index is 10.2. The minimum Gasteiger partial charge on any atom is -1.00 e. The normalized spacial score (nSPS) is 14.4. The van der Waals surface area contributed by atoms with E-state index in [9.17, 15) is 4.79 Å². The van der Waals surface area contributed by atoms with Gasteiger partial charge in [0.25, 0.3) is 0 Å². The number of rotatable bonds is 1. The molecular weight excluding hydrogens is 156 g/mol. The SMILES string of the molecule is C=C1C=CC=C1C(=O)O.[Ca+2].[H-].[H-]. The molecule has 0 aromatic carbocycles. The summed E-state index contributed by atoms with van der Waals surface area (Å²) >= 11 is 0. The number of carboxylic acid groups (broad SMARTS) is 1. The van der Waals surface area contributed by atoms with Crippen LogP contribution in [0.25, 0.3) is 0 Å². The molecule has 10 heavy (non-hydrogen) atoms. The van der Waals surface area contributed by atoms with Crippen LogP contribution in [-0.4, -0.2) is 48.8 Å². The van der Waals surface area contributed by atoms with Crippen LogP contribution in [0.4, 0.5) is 0 Å². The van der Waals surface area contributed by atoms with Crippen LogP contribution < -0.4 is 0 Å². The smallest absolute Gasteiger partial charge is 1.00 e. The van der Waals surface area contributed by atoms with E-state index in [4.69, 9.17) is 5.11 Å². The molecule has 1 aliphatic carbocycles. The molecule has 0 aromatic rings. The third-order valence-electron chi connectivity index (χ3n) is 1.14. The fraction of sp³-hybridized carbons (Fsp3) is 0. The van der Waals surface area contributed by atoms with Crippen molar-refractivity contribution in [2.75, 3.05) is 0 Å². The number of hydrogen-bond acceptors (Lipinski definition) is 1. The van der Waals surface area contributed by atoms with Crippen LogP contribution in [-0.2, 0) is 4.79 Å². The van der Waals surface area contributed by atoms with Crippen LogP contribution >= 0.6 is 0 Å². The Morgan fingerprint density at radius 1 is 1.70 bits per heavy atom. The Labute approximate surface area is 91.9 Å². The molecule has 0 aliphatic heterocycles. The van der Waals surface area contributed by atoms with E-state index in [1.54, 1.807) is 12.2 Å². The molecule has 0 spiro atoms. The van der Waals surface area contributed by atoms with E-state index in [0.29, 0.717) is 5.57 Å². The average molecular weight is 164 g/mol. The predicted octanol–water partition coefficient (Wildman–Crippen LogP) is 0.968. The molecule has 0 heterocycles. The van der Waals surface area contributed by atoms with E-state index in [1.807, 2.05) is 0 Å². The van der Waals surface area contributed by atoms with Gasteiger partial charge in [0.15, 0.2) is 0 Å². The van der Waals surface area contributed by atoms with Crippen molar-refractivity contribution in [3.8, 4) is 0 Å². The summed E-state index contributed by atoms with van der Waals surface area (Å²) in [6, 6.07) is 0. The van der Waals surface area contributed by atoms with Crippen molar-refractivity contribution < 1.29 is 12.8 Å². The molecule has 1 aliphatic rings. The van der Waals surface area contributed by atoms with Gasteiger partial charge in [-0.05, 0) is 11.6 Å². The predicted molar refractivity (Wildman–Crippen MR) is 42.0 cm³/mol. The first-order valence-corrected chi connectivity index (χ1v) is 2.53. The van der Waals surface area contributed by atoms with Gasteiger partial charge in [0, 0.05) is 0 Å². The zero-order valence-electron chi connectivity index (χ0n) is 7.50. The average Bonchev–Trinajstić information content (AvgIpc) is 2.13. The first-order chi connectivity index (χ1) is 4.22. The quantitative estimate of drug-likeness (QED) is 0.586. The molecule has 0 radical (unpaired) electrons. The topological polar surface area (TPSA) is 37.3 Å². The summed E-state index contributed by atoms with van der Waals surface area (Å²) in [5.41, 5.74) is 0.859. The maximum Gasteiger partial charge on any atom is 2.00 e. The molecule has 50 valence electrons. The monoisotopic (exact) mass is 164 g/mol. The molecule has 0 atom stereocenters. The van der Waals surface area contributed by atoms with Crippen LogP contribution in [0.5, 0.6) is 0 Å². The summed E-state index contributed by atoms with van der Waals surface area (Å²) < 4.78 is 0. The fourth-order valence-electron chi connectivity index (χ4n) is 0.666. The molecule has 0 bridgehead atoms. The summed E-state index contributed by atoms with van der Waals surface area (Å²) in [5, 5.41) is 8.41. The van der Waals surface area contributed by atoms with Gasteiger partial charge in [-0.25, -0.2) is 4.79 Å². The van der Waals surface area contributed by atoms with Gasteiger partial charge >= 0.3 is 43.7 Å². The van der Waals surface area contributed by atoms with Crippen molar-refractivity contribution in [3.05, 3.63) is 36.0 Å². The van der Waals surface area contributed by atoms with E-state index >= 15 is 0 Å². The number of carboxylic acids is 1. The van der Waals surface area contributed by atoms with Crippen molar-refractivity contribution >= 4 is 43.7 Å². The van der Waals surface area contributed by atoms with Crippen molar-refractivity contribution in [2.24, 2.45) is 0 Å². The number of carbonyl (C=O) groups is 1. The molecule has 0 aromatic heterocycles. The molecule has 0 amide bonds. The second kappa shape index (κ2) is 3.96. The molecule has 2 nitrogen and oxygen atoms in total. The zero-order chi connectivity index (χ0) is 6.85. The number of aliphatic carboxylic acids is 1. The molecule has 3 heteroatoms. The van der Waals surface area contributed by atoms with Gasteiger partial charge in [-0.2, -0.15) is 0 Å². The van der Waals surface area contributed by atoms with Gasteiger partial charge in [0.2, 0.25) is 0 Å². The summed E-state index contributed by atoms with van der Waals surface area (Å²) in [7, 11) is 0. The minimum atomic E-state index is -0.912. The zero-order valence-corrected chi connectivity index (χ0v) is 7.71. The van der Waals surface area contributed by atoms with E-state index < -0.39 is 5.97 Å². The van der Waals surface area contributed by atoms with Gasteiger partial charge in [-0.3, -0.25) is 0 Å². The Kier molecular flexibility index (Phi) is 3.94. The van der Waals surface area contributed by atoms with Crippen LogP contribution in [0.15, 0.2) is 36.0 Å². The number of allylic oxidation sites excluding steroid dienone is 3. The van der Waals surface area contributed by atoms with Crippen LogP contribution in [0.3, 0.4) is 0 Å². The van der Waals surface area contributed by atoms with E-state index in [2.05, 4.69) is 6.58 Å². The summed E-state index contributed by atoms with van der Waals surface area (Å²) in [6.07, 6.45) is 4.87.